The van der Waals surface area contributed by atoms with Crippen molar-refractivity contribution >= 4 is 11.0 Å². The van der Waals surface area contributed by atoms with Crippen LogP contribution in [0.3, 0.4) is 0 Å². The minimum Gasteiger partial charge on any atom is -0.309 e. The van der Waals surface area contributed by atoms with E-state index in [0.29, 0.717) is 0 Å². The van der Waals surface area contributed by atoms with Gasteiger partial charge in [-0.15, -0.1) is 0 Å². The van der Waals surface area contributed by atoms with Crippen LogP contribution in [0.5, 0.6) is 0 Å². The van der Waals surface area contributed by atoms with Crippen molar-refractivity contribution < 1.29 is 0 Å². The Morgan fingerprint density at radius 3 is 2.20 bits per heavy atom. The number of fused-ring (bicyclic) bond motifs is 1. The molecule has 100 valence electrons. The molecule has 0 aliphatic carbocycles. The normalized spacial score (nSPS) is 12.5. The van der Waals surface area contributed by atoms with Crippen LogP contribution in [-0.4, -0.2) is 17.0 Å². The van der Waals surface area contributed by atoms with Gasteiger partial charge in [-0.25, -0.2) is 0 Å². The van der Waals surface area contributed by atoms with E-state index in [0.717, 1.165) is 11.0 Å². The molecule has 3 aromatic rings. The number of hydrogen-bond donors (Lipinski definition) is 1. The van der Waals surface area contributed by atoms with Crippen molar-refractivity contribution in [3.63, 3.8) is 0 Å². The molecule has 0 amide bonds. The topological polar surface area (TPSA) is 37.8 Å². The zero-order chi connectivity index (χ0) is 13.9. The molecule has 0 bridgehead atoms. The van der Waals surface area contributed by atoms with Gasteiger partial charge < -0.3 is 5.32 Å². The maximum atomic E-state index is 4.38. The summed E-state index contributed by atoms with van der Waals surface area (Å²) in [5, 5.41) is 3.37. The third kappa shape index (κ3) is 2.40. The lowest BCUT2D eigenvalue weighted by Crippen LogP contribution is -2.17. The molecule has 0 aliphatic heterocycles. The monoisotopic (exact) mass is 263 g/mol. The number of benzene rings is 2. The van der Waals surface area contributed by atoms with E-state index < -0.39 is 0 Å². The number of rotatable bonds is 3. The van der Waals surface area contributed by atoms with Crippen molar-refractivity contribution in [1.82, 2.24) is 15.3 Å². The second kappa shape index (κ2) is 5.39. The van der Waals surface area contributed by atoms with Crippen LogP contribution in [0.25, 0.3) is 11.0 Å². The first kappa shape index (κ1) is 12.8. The molecule has 3 heteroatoms. The Bertz CT molecular complexity index is 720. The van der Waals surface area contributed by atoms with Gasteiger partial charge in [0.1, 0.15) is 0 Å². The summed E-state index contributed by atoms with van der Waals surface area (Å²) in [6, 6.07) is 15.0. The maximum absolute atomic E-state index is 4.38. The fourth-order valence-corrected chi connectivity index (χ4v) is 2.44. The van der Waals surface area contributed by atoms with Crippen molar-refractivity contribution in [2.75, 3.05) is 7.05 Å². The van der Waals surface area contributed by atoms with Gasteiger partial charge in [0.15, 0.2) is 0 Å². The molecule has 0 radical (unpaired) electrons. The van der Waals surface area contributed by atoms with Gasteiger partial charge in [-0.2, -0.15) is 0 Å². The average Bonchev–Trinajstić information content (AvgIpc) is 2.50. The van der Waals surface area contributed by atoms with Gasteiger partial charge in [0.2, 0.25) is 0 Å². The van der Waals surface area contributed by atoms with Crippen LogP contribution in [0.4, 0.5) is 0 Å². The minimum atomic E-state index is 0.169. The van der Waals surface area contributed by atoms with Gasteiger partial charge in [0.05, 0.1) is 17.1 Å². The summed E-state index contributed by atoms with van der Waals surface area (Å²) >= 11 is 0. The summed E-state index contributed by atoms with van der Waals surface area (Å²) in [6.45, 7) is 2.10. The first-order chi connectivity index (χ1) is 9.78. The molecule has 20 heavy (non-hydrogen) atoms. The van der Waals surface area contributed by atoms with E-state index >= 15 is 0 Å². The lowest BCUT2D eigenvalue weighted by molar-refractivity contribution is 0.692. The van der Waals surface area contributed by atoms with Crippen LogP contribution in [0.1, 0.15) is 22.7 Å². The minimum absolute atomic E-state index is 0.169. The molecule has 3 rings (SSSR count). The third-order valence-electron chi connectivity index (χ3n) is 3.53. The average molecular weight is 263 g/mol. The van der Waals surface area contributed by atoms with Crippen LogP contribution in [-0.2, 0) is 0 Å². The second-order valence-electron chi connectivity index (χ2n) is 4.94. The molecule has 1 heterocycles. The highest BCUT2D eigenvalue weighted by Crippen LogP contribution is 2.24. The number of aryl methyl sites for hydroxylation is 1. The Morgan fingerprint density at radius 2 is 1.50 bits per heavy atom. The molecule has 0 fully saturated rings. The van der Waals surface area contributed by atoms with E-state index in [9.17, 15) is 0 Å². The number of nitrogens with zero attached hydrogens (tertiary/aromatic N) is 2. The predicted molar refractivity (Wildman–Crippen MR) is 81.6 cm³/mol. The highest BCUT2D eigenvalue weighted by Gasteiger charge is 2.12. The standard InChI is InChI=1S/C17H17N3/c1-12-3-5-13(6-4-12)17(18-2)14-7-8-15-16(11-14)20-10-9-19-15/h3-11,17-18H,1-2H3. The number of hydrogen-bond acceptors (Lipinski definition) is 3. The lowest BCUT2D eigenvalue weighted by Gasteiger charge is -2.17. The van der Waals surface area contributed by atoms with Crippen molar-refractivity contribution in [1.29, 1.82) is 0 Å². The summed E-state index contributed by atoms with van der Waals surface area (Å²) < 4.78 is 0. The second-order valence-corrected chi connectivity index (χ2v) is 4.94. The van der Waals surface area contributed by atoms with E-state index in [-0.39, 0.29) is 6.04 Å². The Labute approximate surface area is 118 Å². The van der Waals surface area contributed by atoms with Crippen LogP contribution in [0.2, 0.25) is 0 Å². The molecule has 0 aliphatic rings. The molecule has 1 aromatic heterocycles. The fourth-order valence-electron chi connectivity index (χ4n) is 2.44. The molecular formula is C17H17N3. The van der Waals surface area contributed by atoms with Crippen molar-refractivity contribution in [2.45, 2.75) is 13.0 Å². The largest absolute Gasteiger partial charge is 0.309 e. The Kier molecular flexibility index (Phi) is 3.44. The number of aromatic nitrogens is 2. The van der Waals surface area contributed by atoms with E-state index in [4.69, 9.17) is 0 Å². The smallest absolute Gasteiger partial charge is 0.0890 e. The highest BCUT2D eigenvalue weighted by atomic mass is 14.9. The predicted octanol–water partition coefficient (Wildman–Crippen LogP) is 3.25. The van der Waals surface area contributed by atoms with Crippen molar-refractivity contribution in [2.24, 2.45) is 0 Å². The van der Waals surface area contributed by atoms with E-state index in [2.05, 4.69) is 58.6 Å². The van der Waals surface area contributed by atoms with Crippen LogP contribution in [0, 0.1) is 6.92 Å². The van der Waals surface area contributed by atoms with E-state index in [1.807, 2.05) is 13.1 Å². The van der Waals surface area contributed by atoms with Crippen LogP contribution < -0.4 is 5.32 Å². The highest BCUT2D eigenvalue weighted by molar-refractivity contribution is 5.74. The molecule has 1 atom stereocenters. The molecule has 3 nitrogen and oxygen atoms in total. The van der Waals surface area contributed by atoms with Crippen LogP contribution >= 0.6 is 0 Å². The molecule has 1 unspecified atom stereocenters. The summed E-state index contributed by atoms with van der Waals surface area (Å²) in [6.07, 6.45) is 3.45. The zero-order valence-electron chi connectivity index (χ0n) is 11.7. The Balaban J connectivity index is 2.04. The van der Waals surface area contributed by atoms with Crippen LogP contribution in [0.15, 0.2) is 54.9 Å². The summed E-state index contributed by atoms with van der Waals surface area (Å²) in [4.78, 5) is 8.68. The van der Waals surface area contributed by atoms with Gasteiger partial charge in [-0.05, 0) is 37.2 Å². The van der Waals surface area contributed by atoms with Gasteiger partial charge in [0, 0.05) is 12.4 Å². The lowest BCUT2D eigenvalue weighted by atomic mass is 9.97. The first-order valence-corrected chi connectivity index (χ1v) is 6.72. The molecular weight excluding hydrogens is 246 g/mol. The van der Waals surface area contributed by atoms with Gasteiger partial charge in [-0.3, -0.25) is 9.97 Å². The summed E-state index contributed by atoms with van der Waals surface area (Å²) in [5.74, 6) is 0. The van der Waals surface area contributed by atoms with Crippen molar-refractivity contribution in [3.8, 4) is 0 Å². The summed E-state index contributed by atoms with van der Waals surface area (Å²) in [5.41, 5.74) is 5.58. The summed E-state index contributed by atoms with van der Waals surface area (Å²) in [7, 11) is 1.98. The van der Waals surface area contributed by atoms with E-state index in [1.165, 1.54) is 16.7 Å². The Hall–Kier alpha value is -2.26. The van der Waals surface area contributed by atoms with Gasteiger partial charge in [0.25, 0.3) is 0 Å². The Morgan fingerprint density at radius 1 is 0.850 bits per heavy atom. The maximum Gasteiger partial charge on any atom is 0.0890 e. The molecule has 0 saturated carbocycles. The number of nitrogens with one attached hydrogen (secondary N) is 1. The molecule has 2 aromatic carbocycles. The third-order valence-corrected chi connectivity index (χ3v) is 3.53. The van der Waals surface area contributed by atoms with Gasteiger partial charge >= 0.3 is 0 Å². The van der Waals surface area contributed by atoms with Crippen molar-refractivity contribution in [3.05, 3.63) is 71.5 Å². The van der Waals surface area contributed by atoms with Gasteiger partial charge in [-0.1, -0.05) is 35.9 Å². The SMILES string of the molecule is CNC(c1ccc(C)cc1)c1ccc2nccnc2c1. The fraction of sp³-hybridized carbons (Fsp3) is 0.176. The zero-order valence-corrected chi connectivity index (χ0v) is 11.7. The molecule has 0 saturated heterocycles. The molecule has 0 spiro atoms. The van der Waals surface area contributed by atoms with E-state index in [1.54, 1.807) is 12.4 Å². The molecule has 1 N–H and O–H groups in total. The first-order valence-electron chi connectivity index (χ1n) is 6.72. The quantitative estimate of drug-likeness (QED) is 0.788.